The van der Waals surface area contributed by atoms with Gasteiger partial charge < -0.3 is 9.47 Å². The normalized spacial score (nSPS) is 45.5. The molecule has 2 heterocycles. The Morgan fingerprint density at radius 2 is 1.71 bits per heavy atom. The largest absolute Gasteiger partial charge is 0.343 e. The summed E-state index contributed by atoms with van der Waals surface area (Å²) in [6.45, 7) is 7.60. The van der Waals surface area contributed by atoms with E-state index in [2.05, 4.69) is 37.9 Å². The second-order valence-electron chi connectivity index (χ2n) is 8.80. The maximum Gasteiger partial charge on any atom is 0.343 e. The van der Waals surface area contributed by atoms with Crippen molar-refractivity contribution in [1.29, 1.82) is 10.5 Å². The molecular formula is C18H25N4O2+. The van der Waals surface area contributed by atoms with Crippen molar-refractivity contribution >= 4 is 5.84 Å². The molecule has 1 saturated heterocycles. The summed E-state index contributed by atoms with van der Waals surface area (Å²) in [7, 11) is 0. The van der Waals surface area contributed by atoms with Crippen LogP contribution in [0.5, 0.6) is 0 Å². The van der Waals surface area contributed by atoms with Crippen LogP contribution < -0.4 is 10.7 Å². The van der Waals surface area contributed by atoms with Crippen molar-refractivity contribution < 1.29 is 14.5 Å². The first-order chi connectivity index (χ1) is 11.3. The number of ether oxygens (including phenoxy) is 2. The molecule has 4 rings (SSSR count). The number of nitriles is 2. The summed E-state index contributed by atoms with van der Waals surface area (Å²) < 4.78 is 11.7. The molecule has 128 valence electrons. The second-order valence-corrected chi connectivity index (χ2v) is 8.80. The molecule has 0 aromatic heterocycles. The lowest BCUT2D eigenvalue weighted by Crippen LogP contribution is -2.90. The van der Waals surface area contributed by atoms with Crippen molar-refractivity contribution in [2.45, 2.75) is 52.4 Å². The summed E-state index contributed by atoms with van der Waals surface area (Å²) >= 11 is 0. The van der Waals surface area contributed by atoms with Crippen molar-refractivity contribution in [3.8, 4) is 12.1 Å². The highest BCUT2D eigenvalue weighted by Crippen LogP contribution is 2.86. The van der Waals surface area contributed by atoms with Crippen LogP contribution in [0.15, 0.2) is 0 Å². The number of nitrogens with one attached hydrogen (secondary N) is 1. The van der Waals surface area contributed by atoms with E-state index in [9.17, 15) is 10.5 Å². The van der Waals surface area contributed by atoms with Crippen molar-refractivity contribution in [2.24, 2.45) is 33.3 Å². The molecule has 0 aromatic carbocycles. The number of nitrogens with two attached hydrogens (primary N) is 1. The van der Waals surface area contributed by atoms with Gasteiger partial charge in [-0.05, 0) is 37.0 Å². The fourth-order valence-electron chi connectivity index (χ4n) is 6.02. The van der Waals surface area contributed by atoms with Crippen LogP contribution in [0.1, 0.15) is 46.5 Å². The molecule has 2 spiro atoms. The van der Waals surface area contributed by atoms with Gasteiger partial charge in [0.1, 0.15) is 0 Å². The lowest BCUT2D eigenvalue weighted by atomic mass is 9.65. The van der Waals surface area contributed by atoms with Gasteiger partial charge >= 0.3 is 5.91 Å². The zero-order chi connectivity index (χ0) is 17.4. The quantitative estimate of drug-likeness (QED) is 0.669. The molecule has 4 aliphatic rings. The lowest BCUT2D eigenvalue weighted by molar-refractivity contribution is -0.678. The molecule has 2 saturated carbocycles. The first kappa shape index (κ1) is 15.9. The number of rotatable bonds is 0. The van der Waals surface area contributed by atoms with Crippen LogP contribution in [0, 0.1) is 50.2 Å². The van der Waals surface area contributed by atoms with E-state index >= 15 is 0 Å². The third kappa shape index (κ3) is 1.31. The van der Waals surface area contributed by atoms with Gasteiger partial charge in [-0.15, -0.1) is 0 Å². The van der Waals surface area contributed by atoms with Crippen LogP contribution >= 0.6 is 0 Å². The summed E-state index contributed by atoms with van der Waals surface area (Å²) in [5.74, 6) is -0.315. The second kappa shape index (κ2) is 4.31. The fourth-order valence-corrected chi connectivity index (χ4v) is 6.02. The summed E-state index contributed by atoms with van der Waals surface area (Å²) in [5, 5.41) is 20.2. The van der Waals surface area contributed by atoms with Gasteiger partial charge in [0, 0.05) is 5.41 Å². The Balaban J connectivity index is 1.78. The number of nitrogens with zero attached hydrogens (tertiary/aromatic N) is 2. The van der Waals surface area contributed by atoms with Crippen molar-refractivity contribution in [2.75, 3.05) is 13.2 Å². The highest BCUT2D eigenvalue weighted by Gasteiger charge is 3.03. The first-order valence-corrected chi connectivity index (χ1v) is 8.78. The van der Waals surface area contributed by atoms with E-state index in [1.165, 1.54) is 0 Å². The molecule has 0 bridgehead atoms. The molecule has 0 unspecified atom stereocenters. The fraction of sp³-hybridized carbons (Fsp3) is 0.833. The topological polar surface area (TPSA) is 106 Å². The van der Waals surface area contributed by atoms with Crippen LogP contribution in [0.25, 0.3) is 0 Å². The zero-order valence-corrected chi connectivity index (χ0v) is 14.6. The zero-order valence-electron chi connectivity index (χ0n) is 14.6. The van der Waals surface area contributed by atoms with Crippen LogP contribution in [0.3, 0.4) is 0 Å². The minimum Gasteiger partial charge on any atom is -0.311 e. The third-order valence-electron chi connectivity index (χ3n) is 7.23. The Labute approximate surface area is 142 Å². The molecule has 6 heteroatoms. The summed E-state index contributed by atoms with van der Waals surface area (Å²) in [4.78, 5) is 3.03. The summed E-state index contributed by atoms with van der Waals surface area (Å²) in [6, 6.07) is 4.86. The standard InChI is InChI=1S/C18H24N4O2/c1-14(2,3)12-4-6-15(7-5-12)16(10-19)13(21)22-18(17(15,16)11-20)23-8-9-24-18/h12H,4-9H2,1-3H3,(H2,21,22)/p+1/t12?,15?,16-,17+/m1/s1. The highest BCUT2D eigenvalue weighted by atomic mass is 16.8. The minimum atomic E-state index is -1.25. The van der Waals surface area contributed by atoms with Crippen molar-refractivity contribution in [1.82, 2.24) is 0 Å². The number of fused-ring (bicyclic) bond motifs is 4. The van der Waals surface area contributed by atoms with E-state index in [1.54, 1.807) is 0 Å². The van der Waals surface area contributed by atoms with Crippen LogP contribution in [0.4, 0.5) is 0 Å². The van der Waals surface area contributed by atoms with Gasteiger partial charge in [0.25, 0.3) is 5.84 Å². The van der Waals surface area contributed by atoms with E-state index < -0.39 is 22.2 Å². The van der Waals surface area contributed by atoms with Crippen molar-refractivity contribution in [3.63, 3.8) is 0 Å². The van der Waals surface area contributed by atoms with Gasteiger partial charge in [-0.3, -0.25) is 5.73 Å². The number of hydrogen-bond donors (Lipinski definition) is 2. The van der Waals surface area contributed by atoms with E-state index in [1.807, 2.05) is 0 Å². The molecule has 2 aliphatic heterocycles. The van der Waals surface area contributed by atoms with Gasteiger partial charge in [-0.25, -0.2) is 4.99 Å². The molecule has 2 aliphatic carbocycles. The van der Waals surface area contributed by atoms with Crippen LogP contribution in [-0.2, 0) is 9.47 Å². The SMILES string of the molecule is CC(C)(C)C1CCC2(CC1)[C@]1(C#N)C3([NH+]=C(N)[C@]21C#N)OCCO3. The van der Waals surface area contributed by atoms with E-state index in [4.69, 9.17) is 15.2 Å². The molecule has 2 atom stereocenters. The van der Waals surface area contributed by atoms with Gasteiger partial charge in [-0.1, -0.05) is 20.8 Å². The average molecular weight is 329 g/mol. The van der Waals surface area contributed by atoms with Gasteiger partial charge in [-0.2, -0.15) is 10.5 Å². The smallest absolute Gasteiger partial charge is 0.311 e. The maximum absolute atomic E-state index is 10.2. The minimum absolute atomic E-state index is 0.233. The van der Waals surface area contributed by atoms with Gasteiger partial charge in [0.15, 0.2) is 10.8 Å². The van der Waals surface area contributed by atoms with Gasteiger partial charge in [0.05, 0.1) is 25.4 Å². The molecule has 6 nitrogen and oxygen atoms in total. The Bertz CT molecular complexity index is 696. The maximum atomic E-state index is 10.2. The Morgan fingerprint density at radius 1 is 1.12 bits per heavy atom. The summed E-state index contributed by atoms with van der Waals surface area (Å²) in [6.07, 6.45) is 3.62. The van der Waals surface area contributed by atoms with Crippen LogP contribution in [-0.4, -0.2) is 25.0 Å². The monoisotopic (exact) mass is 329 g/mol. The predicted octanol–water partition coefficient (Wildman–Crippen LogP) is 0.395. The van der Waals surface area contributed by atoms with Crippen LogP contribution in [0.2, 0.25) is 0 Å². The molecule has 3 fully saturated rings. The van der Waals surface area contributed by atoms with E-state index in [0.29, 0.717) is 25.0 Å². The molecule has 24 heavy (non-hydrogen) atoms. The Morgan fingerprint density at radius 3 is 2.17 bits per heavy atom. The van der Waals surface area contributed by atoms with E-state index in [0.717, 1.165) is 25.7 Å². The molecule has 3 N–H and O–H groups in total. The Kier molecular flexibility index (Phi) is 2.85. The molecule has 0 aromatic rings. The van der Waals surface area contributed by atoms with Crippen molar-refractivity contribution in [3.05, 3.63) is 0 Å². The third-order valence-corrected chi connectivity index (χ3v) is 7.23. The van der Waals surface area contributed by atoms with E-state index in [-0.39, 0.29) is 5.41 Å². The lowest BCUT2D eigenvalue weighted by Gasteiger charge is -2.40. The predicted molar refractivity (Wildman–Crippen MR) is 84.7 cm³/mol. The van der Waals surface area contributed by atoms with Gasteiger partial charge in [0.2, 0.25) is 0 Å². The first-order valence-electron chi connectivity index (χ1n) is 8.78. The molecule has 0 radical (unpaired) electrons. The number of amidine groups is 1. The molecule has 0 amide bonds. The number of hydrogen-bond acceptors (Lipinski definition) is 5. The average Bonchev–Trinajstić information content (AvgIpc) is 2.82. The molecular weight excluding hydrogens is 304 g/mol. The Hall–Kier alpha value is -1.63. The highest BCUT2D eigenvalue weighted by molar-refractivity contribution is 5.95. The summed E-state index contributed by atoms with van der Waals surface area (Å²) in [5.41, 5.74) is 3.98.